The average molecular weight is 532 g/mol. The zero-order chi connectivity index (χ0) is 27.1. The first-order valence-corrected chi connectivity index (χ1v) is 12.5. The molecule has 0 fully saturated rings. The van der Waals surface area contributed by atoms with Crippen LogP contribution in [0.4, 0.5) is 5.69 Å². The van der Waals surface area contributed by atoms with E-state index in [0.717, 1.165) is 11.8 Å². The lowest BCUT2D eigenvalue weighted by molar-refractivity contribution is -0.131. The van der Waals surface area contributed by atoms with Crippen molar-refractivity contribution in [1.29, 1.82) is 5.26 Å². The van der Waals surface area contributed by atoms with Crippen molar-refractivity contribution < 1.29 is 28.2 Å². The number of amides is 1. The van der Waals surface area contributed by atoms with Crippen molar-refractivity contribution in [2.45, 2.75) is 12.8 Å². The molecule has 0 radical (unpaired) electrons. The van der Waals surface area contributed by atoms with Gasteiger partial charge in [0.05, 0.1) is 60.1 Å². The van der Waals surface area contributed by atoms with Crippen LogP contribution in [0.5, 0.6) is 17.2 Å². The number of rotatable bonds is 9. The number of nitriles is 1. The summed E-state index contributed by atoms with van der Waals surface area (Å²) in [4.78, 5) is 26.0. The van der Waals surface area contributed by atoms with Crippen LogP contribution in [0.3, 0.4) is 0 Å². The number of dihydropyridines is 1. The van der Waals surface area contributed by atoms with Crippen LogP contribution in [-0.2, 0) is 9.59 Å². The molecule has 0 bridgehead atoms. The second-order valence-corrected chi connectivity index (χ2v) is 9.04. The largest absolute Gasteiger partial charge is 0.497 e. The number of furan rings is 1. The van der Waals surface area contributed by atoms with Gasteiger partial charge in [-0.25, -0.2) is 0 Å². The Balaban J connectivity index is 1.57. The third-order valence-electron chi connectivity index (χ3n) is 5.70. The molecule has 2 N–H and O–H groups in total. The van der Waals surface area contributed by atoms with Crippen molar-refractivity contribution in [3.05, 3.63) is 94.6 Å². The quantitative estimate of drug-likeness (QED) is 0.291. The van der Waals surface area contributed by atoms with Crippen LogP contribution in [0.1, 0.15) is 18.6 Å². The predicted octanol–water partition coefficient (Wildman–Crippen LogP) is 4.97. The van der Waals surface area contributed by atoms with Gasteiger partial charge in [0.15, 0.2) is 0 Å². The first-order chi connectivity index (χ1) is 18.4. The molecule has 1 aliphatic heterocycles. The summed E-state index contributed by atoms with van der Waals surface area (Å²) in [6, 6.07) is 19.3. The molecule has 2 heterocycles. The minimum absolute atomic E-state index is 0.0690. The van der Waals surface area contributed by atoms with Crippen molar-refractivity contribution in [2.75, 3.05) is 25.3 Å². The fourth-order valence-corrected chi connectivity index (χ4v) is 4.81. The fourth-order valence-electron chi connectivity index (χ4n) is 3.94. The molecule has 0 saturated heterocycles. The summed E-state index contributed by atoms with van der Waals surface area (Å²) in [7, 11) is 3.07. The van der Waals surface area contributed by atoms with E-state index in [4.69, 9.17) is 18.6 Å². The highest BCUT2D eigenvalue weighted by atomic mass is 32.2. The van der Waals surface area contributed by atoms with Gasteiger partial charge in [-0.3, -0.25) is 9.59 Å². The number of esters is 1. The Hall–Kier alpha value is -4.62. The highest BCUT2D eigenvalue weighted by Gasteiger charge is 2.36. The molecule has 9 nitrogen and oxygen atoms in total. The van der Waals surface area contributed by atoms with Crippen LogP contribution in [0.25, 0.3) is 0 Å². The first-order valence-electron chi connectivity index (χ1n) is 11.5. The minimum atomic E-state index is -0.786. The van der Waals surface area contributed by atoms with Crippen molar-refractivity contribution in [3.8, 4) is 23.3 Å². The standard InChI is InChI=1S/C28H25N3O6S/c1-17-25(27(33)31-21-7-4-5-8-22(21)35-3)26(23-9-6-14-36-23)20(15-29)28(30-17)38-16-24(32)37-19-12-10-18(34-2)11-13-19/h4-14,26,30H,16H2,1-3H3,(H,31,33). The molecule has 3 aromatic rings. The molecule has 1 amide bonds. The zero-order valence-corrected chi connectivity index (χ0v) is 21.8. The van der Waals surface area contributed by atoms with E-state index >= 15 is 0 Å². The SMILES string of the molecule is COc1ccc(OC(=O)CSC2=C(C#N)C(c3ccco3)C(C(=O)Nc3ccccc3OC)=C(C)N2)cc1. The topological polar surface area (TPSA) is 123 Å². The number of anilines is 1. The normalized spacial score (nSPS) is 14.8. The Kier molecular flexibility index (Phi) is 8.40. The molecular weight excluding hydrogens is 506 g/mol. The maximum atomic E-state index is 13.5. The van der Waals surface area contributed by atoms with Crippen LogP contribution in [-0.4, -0.2) is 31.8 Å². The number of methoxy groups -OCH3 is 2. The van der Waals surface area contributed by atoms with Crippen LogP contribution in [0.2, 0.25) is 0 Å². The second kappa shape index (κ2) is 12.1. The lowest BCUT2D eigenvalue weighted by Gasteiger charge is -2.28. The maximum absolute atomic E-state index is 13.5. The van der Waals surface area contributed by atoms with Gasteiger partial charge < -0.3 is 29.3 Å². The lowest BCUT2D eigenvalue weighted by atomic mass is 9.85. The van der Waals surface area contributed by atoms with Crippen LogP contribution >= 0.6 is 11.8 Å². The molecule has 1 aliphatic rings. The highest BCUT2D eigenvalue weighted by molar-refractivity contribution is 8.03. The Morgan fingerprint density at radius 3 is 2.45 bits per heavy atom. The third-order valence-corrected chi connectivity index (χ3v) is 6.69. The fraction of sp³-hybridized carbons (Fsp3) is 0.179. The molecule has 0 spiro atoms. The summed E-state index contributed by atoms with van der Waals surface area (Å²) in [5.74, 6) is 0.172. The van der Waals surface area contributed by atoms with E-state index in [9.17, 15) is 14.9 Å². The van der Waals surface area contributed by atoms with Crippen LogP contribution in [0.15, 0.2) is 93.2 Å². The van der Waals surface area contributed by atoms with Gasteiger partial charge in [-0.1, -0.05) is 23.9 Å². The van der Waals surface area contributed by atoms with Gasteiger partial charge in [0.25, 0.3) is 5.91 Å². The molecule has 1 atom stereocenters. The number of carbonyl (C=O) groups excluding carboxylic acids is 2. The third kappa shape index (κ3) is 5.85. The molecule has 1 aromatic heterocycles. The minimum Gasteiger partial charge on any atom is -0.497 e. The number of ether oxygens (including phenoxy) is 3. The summed E-state index contributed by atoms with van der Waals surface area (Å²) < 4.78 is 21.5. The molecule has 2 aromatic carbocycles. The van der Waals surface area contributed by atoms with Crippen molar-refractivity contribution in [2.24, 2.45) is 0 Å². The van der Waals surface area contributed by atoms with E-state index in [1.807, 2.05) is 0 Å². The van der Waals surface area contributed by atoms with Crippen molar-refractivity contribution >= 4 is 29.3 Å². The zero-order valence-electron chi connectivity index (χ0n) is 20.9. The number of nitrogens with one attached hydrogen (secondary N) is 2. The number of benzene rings is 2. The Bertz CT molecular complexity index is 1420. The van der Waals surface area contributed by atoms with E-state index in [2.05, 4.69) is 16.7 Å². The van der Waals surface area contributed by atoms with Crippen LogP contribution < -0.4 is 24.8 Å². The molecule has 1 unspecified atom stereocenters. The van der Waals surface area contributed by atoms with Gasteiger partial charge in [0.2, 0.25) is 0 Å². The summed E-state index contributed by atoms with van der Waals surface area (Å²) in [6.07, 6.45) is 1.48. The van der Waals surface area contributed by atoms with E-state index in [-0.39, 0.29) is 11.3 Å². The first kappa shape index (κ1) is 26.4. The molecule has 4 rings (SSSR count). The molecule has 194 valence electrons. The Morgan fingerprint density at radius 2 is 1.79 bits per heavy atom. The van der Waals surface area contributed by atoms with E-state index in [1.54, 1.807) is 74.7 Å². The summed E-state index contributed by atoms with van der Waals surface area (Å²) in [5.41, 5.74) is 1.57. The Morgan fingerprint density at radius 1 is 1.05 bits per heavy atom. The predicted molar refractivity (Wildman–Crippen MR) is 143 cm³/mol. The van der Waals surface area contributed by atoms with E-state index < -0.39 is 17.8 Å². The van der Waals surface area contributed by atoms with Crippen molar-refractivity contribution in [3.63, 3.8) is 0 Å². The number of hydrogen-bond donors (Lipinski definition) is 2. The number of allylic oxidation sites excluding steroid dienone is 2. The van der Waals surface area contributed by atoms with Crippen LogP contribution in [0, 0.1) is 11.3 Å². The van der Waals surface area contributed by atoms with E-state index in [0.29, 0.717) is 45.0 Å². The van der Waals surface area contributed by atoms with Gasteiger partial charge in [-0.2, -0.15) is 5.26 Å². The monoisotopic (exact) mass is 531 g/mol. The highest BCUT2D eigenvalue weighted by Crippen LogP contribution is 2.41. The van der Waals surface area contributed by atoms with E-state index in [1.165, 1.54) is 13.4 Å². The van der Waals surface area contributed by atoms with Crippen molar-refractivity contribution in [1.82, 2.24) is 5.32 Å². The summed E-state index contributed by atoms with van der Waals surface area (Å²) in [5, 5.41) is 16.6. The molecule has 0 aliphatic carbocycles. The van der Waals surface area contributed by atoms with Gasteiger partial charge in [0.1, 0.15) is 23.0 Å². The number of carbonyl (C=O) groups is 2. The molecule has 10 heteroatoms. The molecule has 0 saturated carbocycles. The average Bonchev–Trinajstić information content (AvgIpc) is 3.47. The van der Waals surface area contributed by atoms with Gasteiger partial charge >= 0.3 is 5.97 Å². The smallest absolute Gasteiger partial charge is 0.321 e. The van der Waals surface area contributed by atoms with Gasteiger partial charge in [-0.15, -0.1) is 0 Å². The maximum Gasteiger partial charge on any atom is 0.321 e. The number of nitrogens with zero attached hydrogens (tertiary/aromatic N) is 1. The second-order valence-electron chi connectivity index (χ2n) is 8.06. The number of hydrogen-bond acceptors (Lipinski definition) is 9. The summed E-state index contributed by atoms with van der Waals surface area (Å²) >= 11 is 1.11. The van der Waals surface area contributed by atoms with Gasteiger partial charge in [0, 0.05) is 5.70 Å². The molecule has 38 heavy (non-hydrogen) atoms. The number of thioether (sulfide) groups is 1. The lowest BCUT2D eigenvalue weighted by Crippen LogP contribution is -2.31. The Labute approximate surface area is 224 Å². The molecular formula is C28H25N3O6S. The van der Waals surface area contributed by atoms with Gasteiger partial charge in [-0.05, 0) is 55.5 Å². The summed E-state index contributed by atoms with van der Waals surface area (Å²) in [6.45, 7) is 1.73. The number of para-hydroxylation sites is 2.